The lowest BCUT2D eigenvalue weighted by Gasteiger charge is -2.42. The molecule has 2 unspecified atom stereocenters. The summed E-state index contributed by atoms with van der Waals surface area (Å²) >= 11 is 0. The van der Waals surface area contributed by atoms with Crippen LogP contribution < -0.4 is 16.2 Å². The number of hydrogen-bond acceptors (Lipinski definition) is 7. The summed E-state index contributed by atoms with van der Waals surface area (Å²) in [5.41, 5.74) is 0.389. The zero-order chi connectivity index (χ0) is 34.3. The van der Waals surface area contributed by atoms with Gasteiger partial charge in [0.05, 0.1) is 17.3 Å². The molecular weight excluding hydrogens is 602 g/mol. The van der Waals surface area contributed by atoms with E-state index in [0.717, 1.165) is 10.9 Å². The Balaban J connectivity index is 1.39. The van der Waals surface area contributed by atoms with E-state index in [4.69, 9.17) is 0 Å². The van der Waals surface area contributed by atoms with Gasteiger partial charge >= 0.3 is 11.9 Å². The molecule has 5 N–H and O–H groups in total. The molecule has 0 fully saturated rings. The number of anilines is 2. The number of nitrogens with one attached hydrogen (secondary N) is 3. The van der Waals surface area contributed by atoms with Gasteiger partial charge in [-0.2, -0.15) is 0 Å². The molecule has 2 atom stereocenters. The summed E-state index contributed by atoms with van der Waals surface area (Å²) in [6.07, 6.45) is -0.000427. The van der Waals surface area contributed by atoms with Crippen molar-refractivity contribution in [1.29, 1.82) is 0 Å². The van der Waals surface area contributed by atoms with Crippen LogP contribution in [0, 0.1) is 11.3 Å². The van der Waals surface area contributed by atoms with E-state index < -0.39 is 34.7 Å². The zero-order valence-electron chi connectivity index (χ0n) is 27.1. The van der Waals surface area contributed by atoms with E-state index in [0.29, 0.717) is 39.6 Å². The second-order valence-corrected chi connectivity index (χ2v) is 13.0. The standard InChI is InChI=1S/C35H39N5O7/c1-6-22(16-27(41)42)35(7-2,32(46)47)40-18-21-15-23(11-12-24(21)30(40)44)36-17-19-8-9-20-10-13-26-28(25(20)14-19)29(43)38-33(37-26)39-31(45)34(3,4)5/h8-15,22,36H,6-7,16-18H2,1-5H3,(H,41,42)(H,46,47)(H2,37,38,39,43,45). The zero-order valence-corrected chi connectivity index (χ0v) is 27.1. The van der Waals surface area contributed by atoms with Crippen molar-refractivity contribution in [3.63, 3.8) is 0 Å². The first kappa shape index (κ1) is 33.1. The highest BCUT2D eigenvalue weighted by molar-refractivity contribution is 6.06. The third-order valence-corrected chi connectivity index (χ3v) is 9.05. The van der Waals surface area contributed by atoms with Gasteiger partial charge in [-0.15, -0.1) is 0 Å². The monoisotopic (exact) mass is 641 g/mol. The van der Waals surface area contributed by atoms with Crippen molar-refractivity contribution in [3.05, 3.63) is 75.6 Å². The average Bonchev–Trinajstić information content (AvgIpc) is 3.34. The second-order valence-electron chi connectivity index (χ2n) is 13.0. The molecule has 0 spiro atoms. The van der Waals surface area contributed by atoms with Crippen molar-refractivity contribution in [3.8, 4) is 0 Å². The highest BCUT2D eigenvalue weighted by Gasteiger charge is 2.53. The van der Waals surface area contributed by atoms with E-state index >= 15 is 0 Å². The van der Waals surface area contributed by atoms with Crippen molar-refractivity contribution < 1.29 is 29.4 Å². The molecule has 2 heterocycles. The quantitative estimate of drug-likeness (QED) is 0.135. The number of nitrogens with zero attached hydrogens (tertiary/aromatic N) is 2. The summed E-state index contributed by atoms with van der Waals surface area (Å²) in [7, 11) is 0. The molecule has 246 valence electrons. The number of aromatic nitrogens is 2. The van der Waals surface area contributed by atoms with E-state index in [1.54, 1.807) is 52.8 Å². The Labute approximate surface area is 271 Å². The molecule has 4 aromatic rings. The van der Waals surface area contributed by atoms with Crippen LogP contribution in [0.25, 0.3) is 21.7 Å². The molecule has 1 aromatic heterocycles. The van der Waals surface area contributed by atoms with Gasteiger partial charge in [-0.1, -0.05) is 52.8 Å². The molecule has 1 aliphatic heterocycles. The van der Waals surface area contributed by atoms with Gasteiger partial charge in [0.1, 0.15) is 5.54 Å². The molecule has 12 heteroatoms. The molecule has 1 aliphatic rings. The smallest absolute Gasteiger partial charge is 0.329 e. The summed E-state index contributed by atoms with van der Waals surface area (Å²) in [4.78, 5) is 71.9. The number of benzene rings is 3. The highest BCUT2D eigenvalue weighted by Crippen LogP contribution is 2.40. The molecule has 0 radical (unpaired) electrons. The Kier molecular flexibility index (Phi) is 8.81. The number of carbonyl (C=O) groups excluding carboxylic acids is 2. The van der Waals surface area contributed by atoms with Crippen molar-refractivity contribution in [2.75, 3.05) is 10.6 Å². The fourth-order valence-corrected chi connectivity index (χ4v) is 6.43. The van der Waals surface area contributed by atoms with Crippen molar-refractivity contribution in [1.82, 2.24) is 14.9 Å². The number of aliphatic carboxylic acids is 2. The number of amides is 2. The third kappa shape index (κ3) is 6.15. The van der Waals surface area contributed by atoms with Crippen LogP contribution in [0.4, 0.5) is 11.6 Å². The van der Waals surface area contributed by atoms with Crippen LogP contribution in [0.2, 0.25) is 0 Å². The molecule has 47 heavy (non-hydrogen) atoms. The molecule has 3 aromatic carbocycles. The first-order chi connectivity index (χ1) is 22.2. The molecule has 0 aliphatic carbocycles. The van der Waals surface area contributed by atoms with Crippen LogP contribution in [-0.2, 0) is 27.5 Å². The molecule has 0 saturated carbocycles. The normalized spacial score (nSPS) is 14.9. The first-order valence-corrected chi connectivity index (χ1v) is 15.6. The predicted molar refractivity (Wildman–Crippen MR) is 178 cm³/mol. The van der Waals surface area contributed by atoms with Crippen LogP contribution >= 0.6 is 0 Å². The maximum absolute atomic E-state index is 13.5. The van der Waals surface area contributed by atoms with E-state index in [1.165, 1.54) is 4.90 Å². The first-order valence-electron chi connectivity index (χ1n) is 15.6. The number of carboxylic acid groups (broad SMARTS) is 2. The minimum absolute atomic E-state index is 0.0515. The van der Waals surface area contributed by atoms with Crippen molar-refractivity contribution >= 4 is 57.1 Å². The number of carbonyl (C=O) groups is 4. The third-order valence-electron chi connectivity index (χ3n) is 9.05. The number of carboxylic acids is 2. The van der Waals surface area contributed by atoms with Crippen LogP contribution in [0.15, 0.2) is 53.3 Å². The minimum Gasteiger partial charge on any atom is -0.481 e. The summed E-state index contributed by atoms with van der Waals surface area (Å²) in [5.74, 6) is -3.70. The van der Waals surface area contributed by atoms with Gasteiger partial charge in [0.15, 0.2) is 0 Å². The highest BCUT2D eigenvalue weighted by atomic mass is 16.4. The van der Waals surface area contributed by atoms with Gasteiger partial charge in [0.2, 0.25) is 11.9 Å². The van der Waals surface area contributed by atoms with Gasteiger partial charge in [0, 0.05) is 35.7 Å². The molecule has 12 nitrogen and oxygen atoms in total. The lowest BCUT2D eigenvalue weighted by Crippen LogP contribution is -2.59. The van der Waals surface area contributed by atoms with E-state index in [9.17, 15) is 34.2 Å². The Morgan fingerprint density at radius 3 is 2.38 bits per heavy atom. The van der Waals surface area contributed by atoms with E-state index in [2.05, 4.69) is 20.6 Å². The summed E-state index contributed by atoms with van der Waals surface area (Å²) in [6, 6.07) is 14.6. The predicted octanol–water partition coefficient (Wildman–Crippen LogP) is 5.36. The Hall–Kier alpha value is -5.26. The van der Waals surface area contributed by atoms with Gasteiger partial charge < -0.3 is 20.4 Å². The topological polar surface area (TPSA) is 182 Å². The summed E-state index contributed by atoms with van der Waals surface area (Å²) < 4.78 is 0. The number of rotatable bonds is 11. The maximum Gasteiger partial charge on any atom is 0.329 e. The maximum atomic E-state index is 13.5. The molecule has 0 saturated heterocycles. The summed E-state index contributed by atoms with van der Waals surface area (Å²) in [6.45, 7) is 9.15. The van der Waals surface area contributed by atoms with Gasteiger partial charge in [0.25, 0.3) is 11.5 Å². The Bertz CT molecular complexity index is 1980. The lowest BCUT2D eigenvalue weighted by atomic mass is 9.76. The van der Waals surface area contributed by atoms with E-state index in [-0.39, 0.29) is 43.2 Å². The van der Waals surface area contributed by atoms with Crippen molar-refractivity contribution in [2.24, 2.45) is 11.3 Å². The molecular formula is C35H39N5O7. The summed E-state index contributed by atoms with van der Waals surface area (Å²) in [5, 5.41) is 27.8. The number of aromatic amines is 1. The van der Waals surface area contributed by atoms with Crippen LogP contribution in [0.5, 0.6) is 0 Å². The second kappa shape index (κ2) is 12.5. The van der Waals surface area contributed by atoms with Gasteiger partial charge in [-0.05, 0) is 65.1 Å². The molecule has 0 bridgehead atoms. The lowest BCUT2D eigenvalue weighted by molar-refractivity contribution is -0.156. The number of hydrogen-bond donors (Lipinski definition) is 5. The fourth-order valence-electron chi connectivity index (χ4n) is 6.43. The van der Waals surface area contributed by atoms with Crippen molar-refractivity contribution in [2.45, 2.75) is 72.5 Å². The van der Waals surface area contributed by atoms with Crippen LogP contribution in [0.3, 0.4) is 0 Å². The Morgan fingerprint density at radius 1 is 1.02 bits per heavy atom. The SMILES string of the molecule is CCC(CC(=O)O)C(CC)(C(=O)O)N1Cc2cc(NCc3ccc4ccc5nc(NC(=O)C(C)(C)C)[nH]c(=O)c5c4c3)ccc2C1=O. The number of fused-ring (bicyclic) bond motifs is 4. The minimum atomic E-state index is -1.66. The molecule has 2 amide bonds. The fraction of sp³-hybridized carbons (Fsp3) is 0.371. The van der Waals surface area contributed by atoms with Gasteiger partial charge in [-0.25, -0.2) is 9.78 Å². The van der Waals surface area contributed by atoms with Crippen LogP contribution in [-0.4, -0.2) is 54.4 Å². The number of H-pyrrole nitrogens is 1. The average molecular weight is 642 g/mol. The van der Waals surface area contributed by atoms with E-state index in [1.807, 2.05) is 30.3 Å². The van der Waals surface area contributed by atoms with Gasteiger partial charge in [-0.3, -0.25) is 29.5 Å². The van der Waals surface area contributed by atoms with Crippen LogP contribution in [0.1, 0.15) is 75.4 Å². The Morgan fingerprint density at radius 2 is 1.74 bits per heavy atom. The molecule has 5 rings (SSSR count). The largest absolute Gasteiger partial charge is 0.481 e.